The molecule has 0 saturated carbocycles. The molecule has 0 bridgehead atoms. The van der Waals surface area contributed by atoms with Crippen LogP contribution >= 0.6 is 0 Å². The standard InChI is InChI=1S/C12H18N2O2S/c1-8(2)7-14-17(15,16)12-10(4)9(3)5-6-11(12)13/h5-6,14H,1,7,13H2,2-4H3. The highest BCUT2D eigenvalue weighted by atomic mass is 32.2. The van der Waals surface area contributed by atoms with Gasteiger partial charge in [0.25, 0.3) is 0 Å². The molecule has 1 aromatic rings. The molecule has 0 radical (unpaired) electrons. The number of nitrogens with two attached hydrogens (primary N) is 1. The van der Waals surface area contributed by atoms with E-state index in [2.05, 4.69) is 11.3 Å². The average molecular weight is 254 g/mol. The van der Waals surface area contributed by atoms with Crippen LogP contribution in [0.3, 0.4) is 0 Å². The minimum Gasteiger partial charge on any atom is -0.398 e. The zero-order valence-electron chi connectivity index (χ0n) is 10.4. The summed E-state index contributed by atoms with van der Waals surface area (Å²) in [5.74, 6) is 0. The Labute approximate surface area is 103 Å². The fourth-order valence-electron chi connectivity index (χ4n) is 1.46. The van der Waals surface area contributed by atoms with Crippen molar-refractivity contribution in [1.82, 2.24) is 4.72 Å². The van der Waals surface area contributed by atoms with Crippen LogP contribution in [0.15, 0.2) is 29.2 Å². The molecule has 94 valence electrons. The van der Waals surface area contributed by atoms with Gasteiger partial charge in [-0.1, -0.05) is 18.2 Å². The summed E-state index contributed by atoms with van der Waals surface area (Å²) in [4.78, 5) is 0.166. The van der Waals surface area contributed by atoms with E-state index < -0.39 is 10.0 Å². The lowest BCUT2D eigenvalue weighted by atomic mass is 10.1. The molecule has 0 aliphatic heterocycles. The SMILES string of the molecule is C=C(C)CNS(=O)(=O)c1c(N)ccc(C)c1C. The van der Waals surface area contributed by atoms with E-state index in [1.54, 1.807) is 19.9 Å². The lowest BCUT2D eigenvalue weighted by molar-refractivity contribution is 0.584. The van der Waals surface area contributed by atoms with Gasteiger partial charge in [-0.05, 0) is 38.0 Å². The van der Waals surface area contributed by atoms with Crippen molar-refractivity contribution >= 4 is 15.7 Å². The first-order valence-corrected chi connectivity index (χ1v) is 6.73. The molecule has 1 rings (SSSR count). The third-order valence-electron chi connectivity index (χ3n) is 2.54. The molecule has 0 spiro atoms. The van der Waals surface area contributed by atoms with E-state index in [1.807, 2.05) is 13.0 Å². The van der Waals surface area contributed by atoms with E-state index in [0.29, 0.717) is 5.56 Å². The Bertz CT molecular complexity index is 548. The second-order valence-electron chi connectivity index (χ2n) is 4.21. The second-order valence-corrected chi connectivity index (χ2v) is 5.91. The molecule has 4 nitrogen and oxygen atoms in total. The van der Waals surface area contributed by atoms with E-state index in [4.69, 9.17) is 5.73 Å². The molecule has 17 heavy (non-hydrogen) atoms. The van der Waals surface area contributed by atoms with Gasteiger partial charge in [0, 0.05) is 6.54 Å². The van der Waals surface area contributed by atoms with Gasteiger partial charge in [-0.2, -0.15) is 0 Å². The molecule has 0 unspecified atom stereocenters. The van der Waals surface area contributed by atoms with Gasteiger partial charge >= 0.3 is 0 Å². The van der Waals surface area contributed by atoms with E-state index in [-0.39, 0.29) is 17.1 Å². The number of sulfonamides is 1. The fraction of sp³-hybridized carbons (Fsp3) is 0.333. The summed E-state index contributed by atoms with van der Waals surface area (Å²) in [5, 5.41) is 0. The predicted octanol–water partition coefficient (Wildman–Crippen LogP) is 1.74. The molecule has 5 heteroatoms. The average Bonchev–Trinajstić information content (AvgIpc) is 2.21. The summed E-state index contributed by atoms with van der Waals surface area (Å²) >= 11 is 0. The molecular weight excluding hydrogens is 236 g/mol. The first-order valence-electron chi connectivity index (χ1n) is 5.25. The van der Waals surface area contributed by atoms with Gasteiger partial charge in [-0.25, -0.2) is 13.1 Å². The van der Waals surface area contributed by atoms with Crippen LogP contribution in [0.1, 0.15) is 18.1 Å². The molecule has 0 atom stereocenters. The van der Waals surface area contributed by atoms with Crippen molar-refractivity contribution in [2.45, 2.75) is 25.7 Å². The van der Waals surface area contributed by atoms with Crippen LogP contribution in [0.2, 0.25) is 0 Å². The highest BCUT2D eigenvalue weighted by Crippen LogP contribution is 2.24. The van der Waals surface area contributed by atoms with Gasteiger partial charge in [0.15, 0.2) is 0 Å². The topological polar surface area (TPSA) is 72.2 Å². The first kappa shape index (κ1) is 13.7. The van der Waals surface area contributed by atoms with Crippen LogP contribution < -0.4 is 10.5 Å². The summed E-state index contributed by atoms with van der Waals surface area (Å²) < 4.78 is 26.7. The molecule has 1 aromatic carbocycles. The van der Waals surface area contributed by atoms with Crippen molar-refractivity contribution in [2.75, 3.05) is 12.3 Å². The third kappa shape index (κ3) is 3.08. The molecule has 0 aromatic heterocycles. The fourth-order valence-corrected chi connectivity index (χ4v) is 2.98. The van der Waals surface area contributed by atoms with Gasteiger partial charge < -0.3 is 5.73 Å². The molecule has 0 amide bonds. The molecular formula is C12H18N2O2S. The van der Waals surface area contributed by atoms with E-state index in [0.717, 1.165) is 11.1 Å². The first-order chi connectivity index (χ1) is 7.75. The minimum atomic E-state index is -3.58. The highest BCUT2D eigenvalue weighted by molar-refractivity contribution is 7.89. The Balaban J connectivity index is 3.24. The molecule has 0 aliphatic carbocycles. The zero-order valence-corrected chi connectivity index (χ0v) is 11.2. The van der Waals surface area contributed by atoms with Crippen molar-refractivity contribution in [1.29, 1.82) is 0 Å². The number of nitrogens with one attached hydrogen (secondary N) is 1. The number of anilines is 1. The van der Waals surface area contributed by atoms with Crippen LogP contribution in [0.25, 0.3) is 0 Å². The van der Waals surface area contributed by atoms with Crippen molar-refractivity contribution in [3.05, 3.63) is 35.4 Å². The van der Waals surface area contributed by atoms with Crippen LogP contribution in [0, 0.1) is 13.8 Å². The van der Waals surface area contributed by atoms with Crippen LogP contribution in [0.5, 0.6) is 0 Å². The molecule has 0 heterocycles. The monoisotopic (exact) mass is 254 g/mol. The van der Waals surface area contributed by atoms with Crippen molar-refractivity contribution < 1.29 is 8.42 Å². The van der Waals surface area contributed by atoms with Gasteiger partial charge in [0.05, 0.1) is 5.69 Å². The molecule has 3 N–H and O–H groups in total. The lowest BCUT2D eigenvalue weighted by Gasteiger charge is -2.13. The highest BCUT2D eigenvalue weighted by Gasteiger charge is 2.20. The predicted molar refractivity (Wildman–Crippen MR) is 70.3 cm³/mol. The summed E-state index contributed by atoms with van der Waals surface area (Å²) in [5.41, 5.74) is 8.33. The number of rotatable bonds is 4. The summed E-state index contributed by atoms with van der Waals surface area (Å²) in [6.45, 7) is 9.24. The number of hydrogen-bond acceptors (Lipinski definition) is 3. The smallest absolute Gasteiger partial charge is 0.243 e. The maximum atomic E-state index is 12.1. The van der Waals surface area contributed by atoms with E-state index in [9.17, 15) is 8.42 Å². The summed E-state index contributed by atoms with van der Waals surface area (Å²) in [7, 11) is -3.58. The Hall–Kier alpha value is -1.33. The minimum absolute atomic E-state index is 0.166. The normalized spacial score (nSPS) is 11.5. The Morgan fingerprint density at radius 2 is 2.00 bits per heavy atom. The Kier molecular flexibility index (Phi) is 3.95. The van der Waals surface area contributed by atoms with E-state index in [1.165, 1.54) is 0 Å². The van der Waals surface area contributed by atoms with Crippen LogP contribution in [-0.4, -0.2) is 15.0 Å². The number of aryl methyl sites for hydroxylation is 1. The molecule has 0 saturated heterocycles. The second kappa shape index (κ2) is 4.89. The number of hydrogen-bond donors (Lipinski definition) is 2. The maximum Gasteiger partial charge on any atom is 0.243 e. The van der Waals surface area contributed by atoms with Crippen molar-refractivity contribution in [3.63, 3.8) is 0 Å². The largest absolute Gasteiger partial charge is 0.398 e. The van der Waals surface area contributed by atoms with Gasteiger partial charge in [0.1, 0.15) is 4.90 Å². The zero-order chi connectivity index (χ0) is 13.2. The number of nitrogen functional groups attached to an aromatic ring is 1. The molecule has 0 fully saturated rings. The van der Waals surface area contributed by atoms with Crippen molar-refractivity contribution in [2.24, 2.45) is 0 Å². The Morgan fingerprint density at radius 1 is 1.41 bits per heavy atom. The quantitative estimate of drug-likeness (QED) is 0.635. The lowest BCUT2D eigenvalue weighted by Crippen LogP contribution is -2.27. The van der Waals surface area contributed by atoms with Crippen molar-refractivity contribution in [3.8, 4) is 0 Å². The summed E-state index contributed by atoms with van der Waals surface area (Å²) in [6.07, 6.45) is 0. The van der Waals surface area contributed by atoms with Crippen LogP contribution in [-0.2, 0) is 10.0 Å². The number of benzene rings is 1. The van der Waals surface area contributed by atoms with Gasteiger partial charge in [-0.15, -0.1) is 0 Å². The van der Waals surface area contributed by atoms with Gasteiger partial charge in [0.2, 0.25) is 10.0 Å². The Morgan fingerprint density at radius 3 is 2.53 bits per heavy atom. The van der Waals surface area contributed by atoms with Gasteiger partial charge in [-0.3, -0.25) is 0 Å². The third-order valence-corrected chi connectivity index (χ3v) is 4.14. The van der Waals surface area contributed by atoms with E-state index >= 15 is 0 Å². The molecule has 0 aliphatic rings. The van der Waals surface area contributed by atoms with Crippen LogP contribution in [0.4, 0.5) is 5.69 Å². The maximum absolute atomic E-state index is 12.1. The summed E-state index contributed by atoms with van der Waals surface area (Å²) in [6, 6.07) is 3.42.